The number of amides is 1. The summed E-state index contributed by atoms with van der Waals surface area (Å²) in [5.74, 6) is -1.75. The normalized spacial score (nSPS) is 11.0. The predicted octanol–water partition coefficient (Wildman–Crippen LogP) is 3.61. The van der Waals surface area contributed by atoms with Gasteiger partial charge in [-0.1, -0.05) is 48.0 Å². The monoisotopic (exact) mass is 401 g/mol. The van der Waals surface area contributed by atoms with Crippen LogP contribution in [0.4, 0.5) is 13.2 Å². The van der Waals surface area contributed by atoms with E-state index >= 15 is 0 Å². The smallest absolute Gasteiger partial charge is 0.405 e. The molecule has 0 heterocycles. The third kappa shape index (κ3) is 7.18. The Balaban J connectivity index is 1.80. The molecule has 2 rings (SSSR count). The van der Waals surface area contributed by atoms with Gasteiger partial charge < -0.3 is 14.8 Å². The summed E-state index contributed by atoms with van der Waals surface area (Å²) >= 11 is 6.13. The molecule has 1 amide bonds. The number of carbonyl (C=O) groups is 2. The lowest BCUT2D eigenvalue weighted by Crippen LogP contribution is -2.36. The molecular formula is C18H15ClF3NO4. The fourth-order valence-corrected chi connectivity index (χ4v) is 2.24. The minimum absolute atomic E-state index is 0.231. The van der Waals surface area contributed by atoms with Crippen LogP contribution in [0, 0.1) is 0 Å². The molecule has 0 aliphatic heterocycles. The van der Waals surface area contributed by atoms with E-state index in [1.165, 1.54) is 0 Å². The van der Waals surface area contributed by atoms with Crippen LogP contribution in [0.5, 0.6) is 5.75 Å². The molecule has 0 aromatic heterocycles. The van der Waals surface area contributed by atoms with E-state index in [1.807, 2.05) is 30.3 Å². The zero-order valence-electron chi connectivity index (χ0n) is 13.9. The first kappa shape index (κ1) is 20.6. The van der Waals surface area contributed by atoms with Gasteiger partial charge in [-0.25, -0.2) is 4.79 Å². The maximum Gasteiger partial charge on any atom is 0.405 e. The Morgan fingerprint density at radius 3 is 2.33 bits per heavy atom. The first-order valence-electron chi connectivity index (χ1n) is 7.71. The van der Waals surface area contributed by atoms with E-state index in [2.05, 4.69) is 4.74 Å². The second kappa shape index (κ2) is 9.27. The highest BCUT2D eigenvalue weighted by molar-refractivity contribution is 6.32. The van der Waals surface area contributed by atoms with E-state index in [9.17, 15) is 22.8 Å². The maximum atomic E-state index is 11.9. The van der Waals surface area contributed by atoms with Crippen molar-refractivity contribution < 1.29 is 32.2 Å². The Morgan fingerprint density at radius 2 is 1.70 bits per heavy atom. The van der Waals surface area contributed by atoms with Gasteiger partial charge in [-0.3, -0.25) is 4.79 Å². The molecule has 0 saturated heterocycles. The minimum Gasteiger partial charge on any atom is -0.480 e. The van der Waals surface area contributed by atoms with Crippen LogP contribution < -0.4 is 10.1 Å². The van der Waals surface area contributed by atoms with Crippen LogP contribution in [0.2, 0.25) is 5.02 Å². The average molecular weight is 402 g/mol. The van der Waals surface area contributed by atoms with Crippen LogP contribution in [0.3, 0.4) is 0 Å². The van der Waals surface area contributed by atoms with Crippen LogP contribution in [0.15, 0.2) is 48.5 Å². The van der Waals surface area contributed by atoms with Crippen molar-refractivity contribution in [1.29, 1.82) is 0 Å². The molecule has 0 spiro atoms. The SMILES string of the molecule is O=C(COC(=O)COc1ccc(-c2ccccc2)cc1Cl)NCC(F)(F)F. The first-order valence-corrected chi connectivity index (χ1v) is 8.09. The number of ether oxygens (including phenoxy) is 2. The summed E-state index contributed by atoms with van der Waals surface area (Å²) in [7, 11) is 0. The summed E-state index contributed by atoms with van der Waals surface area (Å²) in [5.41, 5.74) is 1.81. The Bertz CT molecular complexity index is 797. The highest BCUT2D eigenvalue weighted by Crippen LogP contribution is 2.30. The van der Waals surface area contributed by atoms with Crippen molar-refractivity contribution in [2.75, 3.05) is 19.8 Å². The number of hydrogen-bond acceptors (Lipinski definition) is 4. The Morgan fingerprint density at radius 1 is 1.00 bits per heavy atom. The molecule has 0 atom stereocenters. The first-order chi connectivity index (χ1) is 12.7. The highest BCUT2D eigenvalue weighted by atomic mass is 35.5. The third-order valence-corrected chi connectivity index (χ3v) is 3.53. The number of halogens is 4. The van der Waals surface area contributed by atoms with Gasteiger partial charge in [0, 0.05) is 0 Å². The molecule has 5 nitrogen and oxygen atoms in total. The minimum atomic E-state index is -4.54. The van der Waals surface area contributed by atoms with E-state index in [1.54, 1.807) is 23.5 Å². The Labute approximate surface area is 158 Å². The molecule has 0 aliphatic carbocycles. The van der Waals surface area contributed by atoms with E-state index in [0.717, 1.165) is 11.1 Å². The van der Waals surface area contributed by atoms with Gasteiger partial charge in [0.25, 0.3) is 5.91 Å². The van der Waals surface area contributed by atoms with Gasteiger partial charge in [-0.15, -0.1) is 0 Å². The van der Waals surface area contributed by atoms with Crippen LogP contribution in [0.1, 0.15) is 0 Å². The van der Waals surface area contributed by atoms with Gasteiger partial charge >= 0.3 is 12.1 Å². The van der Waals surface area contributed by atoms with Crippen LogP contribution >= 0.6 is 11.6 Å². The molecule has 0 saturated carbocycles. The average Bonchev–Trinajstić information content (AvgIpc) is 2.63. The number of nitrogens with one attached hydrogen (secondary N) is 1. The molecule has 9 heteroatoms. The fraction of sp³-hybridized carbons (Fsp3) is 0.222. The van der Waals surface area contributed by atoms with E-state index in [-0.39, 0.29) is 10.8 Å². The molecule has 0 aliphatic rings. The Kier molecular flexibility index (Phi) is 7.06. The van der Waals surface area contributed by atoms with Crippen LogP contribution in [0.25, 0.3) is 11.1 Å². The van der Waals surface area contributed by atoms with Gasteiger partial charge in [0.2, 0.25) is 0 Å². The van der Waals surface area contributed by atoms with Crippen LogP contribution in [-0.2, 0) is 14.3 Å². The van der Waals surface area contributed by atoms with Gasteiger partial charge in [0.1, 0.15) is 12.3 Å². The molecule has 27 heavy (non-hydrogen) atoms. The molecule has 2 aromatic carbocycles. The number of rotatable bonds is 7. The standard InChI is InChI=1S/C18H15ClF3NO4/c19-14-8-13(12-4-2-1-3-5-12)6-7-15(14)26-10-17(25)27-9-16(24)23-11-18(20,21)22/h1-8H,9-11H2,(H,23,24). The Hall–Kier alpha value is -2.74. The molecule has 144 valence electrons. The van der Waals surface area contributed by atoms with Crippen molar-refractivity contribution in [3.63, 3.8) is 0 Å². The summed E-state index contributed by atoms with van der Waals surface area (Å²) in [6, 6.07) is 14.5. The molecule has 0 radical (unpaired) electrons. The van der Waals surface area contributed by atoms with Crippen LogP contribution in [-0.4, -0.2) is 37.8 Å². The number of esters is 1. The summed E-state index contributed by atoms with van der Waals surface area (Å²) in [4.78, 5) is 22.7. The fourth-order valence-electron chi connectivity index (χ4n) is 2.00. The van der Waals surface area contributed by atoms with Gasteiger partial charge in [-0.2, -0.15) is 13.2 Å². The summed E-state index contributed by atoms with van der Waals surface area (Å²) < 4.78 is 45.6. The number of benzene rings is 2. The largest absolute Gasteiger partial charge is 0.480 e. The number of carbonyl (C=O) groups excluding carboxylic acids is 2. The van der Waals surface area contributed by atoms with Crippen molar-refractivity contribution in [3.05, 3.63) is 53.6 Å². The van der Waals surface area contributed by atoms with Gasteiger partial charge in [-0.05, 0) is 23.3 Å². The lowest BCUT2D eigenvalue weighted by molar-refractivity contribution is -0.152. The lowest BCUT2D eigenvalue weighted by atomic mass is 10.1. The van der Waals surface area contributed by atoms with Crippen molar-refractivity contribution in [2.45, 2.75) is 6.18 Å². The molecular weight excluding hydrogens is 387 g/mol. The van der Waals surface area contributed by atoms with E-state index in [0.29, 0.717) is 0 Å². The second-order valence-corrected chi connectivity index (χ2v) is 5.76. The zero-order valence-corrected chi connectivity index (χ0v) is 14.6. The van der Waals surface area contributed by atoms with E-state index < -0.39 is 37.8 Å². The summed E-state index contributed by atoms with van der Waals surface area (Å²) in [6.07, 6.45) is -4.54. The molecule has 2 aromatic rings. The summed E-state index contributed by atoms with van der Waals surface area (Å²) in [6.45, 7) is -2.88. The molecule has 0 fully saturated rings. The highest BCUT2D eigenvalue weighted by Gasteiger charge is 2.27. The van der Waals surface area contributed by atoms with Gasteiger partial charge in [0.05, 0.1) is 5.02 Å². The van der Waals surface area contributed by atoms with Gasteiger partial charge in [0.15, 0.2) is 13.2 Å². The quantitative estimate of drug-likeness (QED) is 0.720. The van der Waals surface area contributed by atoms with E-state index in [4.69, 9.17) is 16.3 Å². The summed E-state index contributed by atoms with van der Waals surface area (Å²) in [5, 5.41) is 1.85. The second-order valence-electron chi connectivity index (χ2n) is 5.35. The maximum absolute atomic E-state index is 11.9. The topological polar surface area (TPSA) is 64.6 Å². The lowest BCUT2D eigenvalue weighted by Gasteiger charge is -2.11. The van der Waals surface area contributed by atoms with Crippen molar-refractivity contribution in [1.82, 2.24) is 5.32 Å². The number of hydrogen-bond donors (Lipinski definition) is 1. The number of alkyl halides is 3. The van der Waals surface area contributed by atoms with Crippen molar-refractivity contribution in [2.24, 2.45) is 0 Å². The van der Waals surface area contributed by atoms with Crippen molar-refractivity contribution in [3.8, 4) is 16.9 Å². The molecule has 1 N–H and O–H groups in total. The zero-order chi connectivity index (χ0) is 19.9. The molecule has 0 bridgehead atoms. The third-order valence-electron chi connectivity index (χ3n) is 3.23. The molecule has 0 unspecified atom stereocenters. The predicted molar refractivity (Wildman–Crippen MR) is 92.4 cm³/mol. The van der Waals surface area contributed by atoms with Crippen molar-refractivity contribution >= 4 is 23.5 Å².